The van der Waals surface area contributed by atoms with Crippen LogP contribution in [0.15, 0.2) is 0 Å². The molecule has 0 aromatic carbocycles. The van der Waals surface area contributed by atoms with Crippen molar-refractivity contribution in [2.45, 2.75) is 23.8 Å². The van der Waals surface area contributed by atoms with Crippen molar-refractivity contribution in [3.8, 4) is 0 Å². The second-order valence-corrected chi connectivity index (χ2v) is 4.92. The second kappa shape index (κ2) is 3.17. The molecule has 0 aromatic rings. The zero-order valence-electron chi connectivity index (χ0n) is 5.79. The van der Waals surface area contributed by atoms with Crippen molar-refractivity contribution in [1.29, 1.82) is 0 Å². The fraction of sp³-hybridized carbons (Fsp3) is 1.00. The van der Waals surface area contributed by atoms with Crippen LogP contribution in [0.2, 0.25) is 0 Å². The number of nitrogens with one attached hydrogen (secondary N) is 1. The monoisotopic (exact) mass is 163 g/mol. The number of hydrogen-bond donors (Lipinski definition) is 2. The standard InChI is InChI=1S/C6H13NS2/c1-4(2)6(8)9-5-3-7-5/h4-8H,3H2,1-2H3. The molecule has 0 aliphatic carbocycles. The van der Waals surface area contributed by atoms with E-state index < -0.39 is 0 Å². The molecule has 1 fully saturated rings. The first kappa shape index (κ1) is 7.76. The highest BCUT2D eigenvalue weighted by Crippen LogP contribution is 2.29. The molecule has 1 heterocycles. The molecule has 0 saturated carbocycles. The zero-order chi connectivity index (χ0) is 6.85. The summed E-state index contributed by atoms with van der Waals surface area (Å²) >= 11 is 6.35. The van der Waals surface area contributed by atoms with Crippen LogP contribution in [0.4, 0.5) is 0 Å². The van der Waals surface area contributed by atoms with Gasteiger partial charge in [0.05, 0.1) is 9.96 Å². The highest BCUT2D eigenvalue weighted by Gasteiger charge is 2.24. The van der Waals surface area contributed by atoms with Crippen molar-refractivity contribution in [1.82, 2.24) is 5.32 Å². The molecule has 2 atom stereocenters. The van der Waals surface area contributed by atoms with Crippen molar-refractivity contribution >= 4 is 24.4 Å². The minimum Gasteiger partial charge on any atom is -0.302 e. The molecule has 0 bridgehead atoms. The molecule has 2 unspecified atom stereocenters. The fourth-order valence-corrected chi connectivity index (χ4v) is 1.85. The lowest BCUT2D eigenvalue weighted by Crippen LogP contribution is -2.04. The summed E-state index contributed by atoms with van der Waals surface area (Å²) in [7, 11) is 0. The Balaban J connectivity index is 2.09. The summed E-state index contributed by atoms with van der Waals surface area (Å²) in [4.78, 5) is 0. The normalized spacial score (nSPS) is 28.7. The van der Waals surface area contributed by atoms with Crippen molar-refractivity contribution < 1.29 is 0 Å². The van der Waals surface area contributed by atoms with Crippen LogP contribution in [-0.4, -0.2) is 16.5 Å². The third-order valence-electron chi connectivity index (χ3n) is 1.24. The topological polar surface area (TPSA) is 21.9 Å². The highest BCUT2D eigenvalue weighted by molar-refractivity contribution is 8.10. The first-order chi connectivity index (χ1) is 4.20. The number of thioether (sulfide) groups is 1. The summed E-state index contributed by atoms with van der Waals surface area (Å²) in [5.74, 6) is 0.681. The van der Waals surface area contributed by atoms with Crippen molar-refractivity contribution in [3.63, 3.8) is 0 Å². The average Bonchev–Trinajstić information content (AvgIpc) is 2.50. The van der Waals surface area contributed by atoms with Gasteiger partial charge in [-0.3, -0.25) is 0 Å². The van der Waals surface area contributed by atoms with E-state index in [2.05, 4.69) is 31.8 Å². The van der Waals surface area contributed by atoms with Gasteiger partial charge in [-0.25, -0.2) is 0 Å². The maximum Gasteiger partial charge on any atom is 0.0671 e. The smallest absolute Gasteiger partial charge is 0.0671 e. The van der Waals surface area contributed by atoms with E-state index in [0.717, 1.165) is 0 Å². The average molecular weight is 163 g/mol. The third kappa shape index (κ3) is 2.83. The van der Waals surface area contributed by atoms with E-state index in [9.17, 15) is 0 Å². The molecule has 1 rings (SSSR count). The summed E-state index contributed by atoms with van der Waals surface area (Å²) in [6, 6.07) is 0. The van der Waals surface area contributed by atoms with E-state index in [-0.39, 0.29) is 0 Å². The van der Waals surface area contributed by atoms with Gasteiger partial charge in [0.15, 0.2) is 0 Å². The van der Waals surface area contributed by atoms with E-state index >= 15 is 0 Å². The largest absolute Gasteiger partial charge is 0.302 e. The summed E-state index contributed by atoms with van der Waals surface area (Å²) < 4.78 is 0.505. The van der Waals surface area contributed by atoms with Crippen LogP contribution in [0.25, 0.3) is 0 Å². The van der Waals surface area contributed by atoms with Gasteiger partial charge in [0, 0.05) is 6.54 Å². The second-order valence-electron chi connectivity index (χ2n) is 2.67. The molecule has 0 aromatic heterocycles. The van der Waals surface area contributed by atoms with Gasteiger partial charge in [0.1, 0.15) is 0 Å². The van der Waals surface area contributed by atoms with Gasteiger partial charge >= 0.3 is 0 Å². The minimum absolute atomic E-state index is 0.505. The first-order valence-electron chi connectivity index (χ1n) is 3.27. The Kier molecular flexibility index (Phi) is 2.73. The van der Waals surface area contributed by atoms with Gasteiger partial charge in [-0.2, -0.15) is 12.6 Å². The summed E-state index contributed by atoms with van der Waals surface area (Å²) in [5.41, 5.74) is 0. The van der Waals surface area contributed by atoms with Crippen molar-refractivity contribution in [3.05, 3.63) is 0 Å². The third-order valence-corrected chi connectivity index (χ3v) is 3.69. The molecule has 9 heavy (non-hydrogen) atoms. The Bertz CT molecular complexity index is 91.1. The molecule has 54 valence electrons. The Morgan fingerprint density at radius 2 is 2.22 bits per heavy atom. The highest BCUT2D eigenvalue weighted by atomic mass is 32.2. The van der Waals surface area contributed by atoms with E-state index in [1.54, 1.807) is 0 Å². The van der Waals surface area contributed by atoms with Gasteiger partial charge in [0.2, 0.25) is 0 Å². The van der Waals surface area contributed by atoms with Crippen molar-refractivity contribution in [2.75, 3.05) is 6.54 Å². The SMILES string of the molecule is CC(C)C(S)SC1CN1. The van der Waals surface area contributed by atoms with E-state index in [1.807, 2.05) is 11.8 Å². The van der Waals surface area contributed by atoms with Gasteiger partial charge in [-0.1, -0.05) is 13.8 Å². The van der Waals surface area contributed by atoms with Crippen LogP contribution in [0.5, 0.6) is 0 Å². The lowest BCUT2D eigenvalue weighted by atomic mass is 10.3. The Labute approximate surface area is 66.4 Å². The molecule has 1 aliphatic rings. The van der Waals surface area contributed by atoms with Crippen LogP contribution in [0.1, 0.15) is 13.8 Å². The molecule has 0 amide bonds. The Morgan fingerprint density at radius 3 is 2.56 bits per heavy atom. The van der Waals surface area contributed by atoms with E-state index in [0.29, 0.717) is 15.9 Å². The van der Waals surface area contributed by atoms with Crippen LogP contribution in [-0.2, 0) is 0 Å². The van der Waals surface area contributed by atoms with Crippen LogP contribution < -0.4 is 5.32 Å². The van der Waals surface area contributed by atoms with Crippen LogP contribution in [0, 0.1) is 5.92 Å². The number of hydrogen-bond acceptors (Lipinski definition) is 3. The molecule has 1 N–H and O–H groups in total. The molecule has 1 nitrogen and oxygen atoms in total. The predicted octanol–water partition coefficient (Wildman–Crippen LogP) is 1.56. The quantitative estimate of drug-likeness (QED) is 0.374. The maximum absolute atomic E-state index is 4.43. The lowest BCUT2D eigenvalue weighted by molar-refractivity contribution is 0.723. The van der Waals surface area contributed by atoms with Crippen molar-refractivity contribution in [2.24, 2.45) is 5.92 Å². The molecular formula is C6H13NS2. The van der Waals surface area contributed by atoms with Gasteiger partial charge in [-0.05, 0) is 5.92 Å². The van der Waals surface area contributed by atoms with Crippen LogP contribution in [0.3, 0.4) is 0 Å². The molecule has 1 saturated heterocycles. The number of rotatable bonds is 3. The Morgan fingerprint density at radius 1 is 1.67 bits per heavy atom. The minimum atomic E-state index is 0.505. The molecule has 3 heteroatoms. The van der Waals surface area contributed by atoms with E-state index in [4.69, 9.17) is 0 Å². The summed E-state index contributed by atoms with van der Waals surface area (Å²) in [6.45, 7) is 5.58. The number of thiol groups is 1. The van der Waals surface area contributed by atoms with Gasteiger partial charge in [-0.15, -0.1) is 11.8 Å². The molecule has 0 radical (unpaired) electrons. The molecule has 1 aliphatic heterocycles. The van der Waals surface area contributed by atoms with Gasteiger partial charge < -0.3 is 5.32 Å². The lowest BCUT2D eigenvalue weighted by Gasteiger charge is -2.11. The Hall–Kier alpha value is 0.660. The van der Waals surface area contributed by atoms with E-state index in [1.165, 1.54) is 6.54 Å². The van der Waals surface area contributed by atoms with Crippen LogP contribution >= 0.6 is 24.4 Å². The fourth-order valence-electron chi connectivity index (χ4n) is 0.470. The first-order valence-corrected chi connectivity index (χ1v) is 4.73. The summed E-state index contributed by atoms with van der Waals surface area (Å²) in [5, 5.41) is 3.94. The van der Waals surface area contributed by atoms with Gasteiger partial charge in [0.25, 0.3) is 0 Å². The molecular weight excluding hydrogens is 150 g/mol. The maximum atomic E-state index is 4.43. The summed E-state index contributed by atoms with van der Waals surface area (Å²) in [6.07, 6.45) is 0. The zero-order valence-corrected chi connectivity index (χ0v) is 7.51. The predicted molar refractivity (Wildman–Crippen MR) is 47.0 cm³/mol. The molecule has 0 spiro atoms.